The molecule has 3 unspecified atom stereocenters. The average molecular weight is 338 g/mol. The number of rotatable bonds is 4. The number of nitrogens with two attached hydrogens (primary N) is 1. The summed E-state index contributed by atoms with van der Waals surface area (Å²) in [6, 6.07) is 9.82. The second-order valence-electron chi connectivity index (χ2n) is 7.13. The molecule has 1 aromatic carbocycles. The predicted molar refractivity (Wildman–Crippen MR) is 99.6 cm³/mol. The van der Waals surface area contributed by atoms with Gasteiger partial charge < -0.3 is 15.4 Å². The number of amides is 1. The normalized spacial score (nSPS) is 25.0. The molecule has 3 atom stereocenters. The van der Waals surface area contributed by atoms with Crippen LogP contribution in [0.25, 0.3) is 0 Å². The molecule has 0 bridgehead atoms. The summed E-state index contributed by atoms with van der Waals surface area (Å²) in [5.41, 5.74) is 7.77. The maximum absolute atomic E-state index is 12.2. The van der Waals surface area contributed by atoms with Crippen molar-refractivity contribution >= 4 is 5.91 Å². The lowest BCUT2D eigenvalue weighted by Gasteiger charge is -2.38. The zero-order chi connectivity index (χ0) is 18.0. The number of fused-ring (bicyclic) bond motifs is 1. The lowest BCUT2D eigenvalue weighted by Crippen LogP contribution is -2.40. The fraction of sp³-hybridized carbons (Fsp3) is 0.381. The van der Waals surface area contributed by atoms with Gasteiger partial charge in [-0.3, -0.25) is 4.79 Å². The third kappa shape index (κ3) is 3.75. The van der Waals surface area contributed by atoms with Gasteiger partial charge in [-0.15, -0.1) is 0 Å². The first-order valence-electron chi connectivity index (χ1n) is 8.70. The molecule has 2 N–H and O–H groups in total. The number of carbonyl (C=O) groups excluding carboxylic acids is 1. The Kier molecular flexibility index (Phi) is 4.93. The van der Waals surface area contributed by atoms with Crippen LogP contribution < -0.4 is 5.73 Å². The smallest absolute Gasteiger partial charge is 0.221 e. The van der Waals surface area contributed by atoms with Crippen LogP contribution in [0.15, 0.2) is 66.3 Å². The Morgan fingerprint density at radius 3 is 2.64 bits per heavy atom. The minimum absolute atomic E-state index is 0.0313. The first-order chi connectivity index (χ1) is 11.9. The minimum atomic E-state index is -0.252. The number of hydrogen-bond acceptors (Lipinski definition) is 3. The van der Waals surface area contributed by atoms with E-state index in [0.717, 1.165) is 11.1 Å². The Bertz CT molecular complexity index is 719. The van der Waals surface area contributed by atoms with Gasteiger partial charge in [0.1, 0.15) is 0 Å². The summed E-state index contributed by atoms with van der Waals surface area (Å²) in [6.45, 7) is 5.86. The van der Waals surface area contributed by atoms with Gasteiger partial charge in [-0.1, -0.05) is 60.7 Å². The molecule has 2 aliphatic rings. The highest BCUT2D eigenvalue weighted by atomic mass is 16.5. The average Bonchev–Trinajstić information content (AvgIpc) is 2.59. The van der Waals surface area contributed by atoms with Crippen LogP contribution in [0.2, 0.25) is 0 Å². The van der Waals surface area contributed by atoms with Crippen molar-refractivity contribution < 1.29 is 9.53 Å². The molecule has 25 heavy (non-hydrogen) atoms. The summed E-state index contributed by atoms with van der Waals surface area (Å²) in [6.07, 6.45) is 10.7. The van der Waals surface area contributed by atoms with E-state index in [-0.39, 0.29) is 36.2 Å². The van der Waals surface area contributed by atoms with Gasteiger partial charge in [0.15, 0.2) is 0 Å². The first kappa shape index (κ1) is 17.6. The van der Waals surface area contributed by atoms with Crippen LogP contribution in [-0.2, 0) is 9.53 Å². The summed E-state index contributed by atoms with van der Waals surface area (Å²) in [4.78, 5) is 13.9. The van der Waals surface area contributed by atoms with E-state index >= 15 is 0 Å². The second kappa shape index (κ2) is 6.98. The summed E-state index contributed by atoms with van der Waals surface area (Å²) in [5.74, 6) is 0.134. The van der Waals surface area contributed by atoms with Gasteiger partial charge in [0.2, 0.25) is 5.91 Å². The summed E-state index contributed by atoms with van der Waals surface area (Å²) >= 11 is 0. The highest BCUT2D eigenvalue weighted by Gasteiger charge is 2.33. The van der Waals surface area contributed by atoms with Gasteiger partial charge in [0.25, 0.3) is 0 Å². The number of nitrogens with zero attached hydrogens (tertiary/aromatic N) is 1. The Hall–Kier alpha value is -2.17. The van der Waals surface area contributed by atoms with Crippen molar-refractivity contribution in [1.29, 1.82) is 0 Å². The van der Waals surface area contributed by atoms with Crippen LogP contribution in [0, 0.1) is 5.92 Å². The van der Waals surface area contributed by atoms with Crippen LogP contribution >= 0.6 is 0 Å². The third-order valence-corrected chi connectivity index (χ3v) is 4.75. The van der Waals surface area contributed by atoms with Crippen molar-refractivity contribution in [2.75, 3.05) is 6.67 Å². The maximum atomic E-state index is 12.2. The molecule has 1 heterocycles. The lowest BCUT2D eigenvalue weighted by molar-refractivity contribution is -0.130. The molecule has 0 fully saturated rings. The van der Waals surface area contributed by atoms with Gasteiger partial charge in [-0.25, -0.2) is 0 Å². The zero-order valence-corrected chi connectivity index (χ0v) is 15.1. The fourth-order valence-electron chi connectivity index (χ4n) is 3.51. The van der Waals surface area contributed by atoms with Crippen LogP contribution in [0.1, 0.15) is 32.4 Å². The second-order valence-corrected chi connectivity index (χ2v) is 7.13. The molecule has 1 aliphatic carbocycles. The SMILES string of the molecule is CC(=O)N(CN)C(C1=CC2C=CC(C)(C)OC2C=C1)c1ccccc1. The van der Waals surface area contributed by atoms with Gasteiger partial charge >= 0.3 is 0 Å². The third-order valence-electron chi connectivity index (χ3n) is 4.75. The van der Waals surface area contributed by atoms with Crippen LogP contribution in [0.3, 0.4) is 0 Å². The maximum Gasteiger partial charge on any atom is 0.221 e. The van der Waals surface area contributed by atoms with Crippen molar-refractivity contribution in [1.82, 2.24) is 4.90 Å². The molecule has 1 aromatic rings. The molecule has 0 spiro atoms. The molecule has 0 radical (unpaired) electrons. The largest absolute Gasteiger partial charge is 0.363 e. The van der Waals surface area contributed by atoms with Crippen molar-refractivity contribution in [2.24, 2.45) is 11.7 Å². The number of benzene rings is 1. The van der Waals surface area contributed by atoms with E-state index in [2.05, 4.69) is 44.2 Å². The van der Waals surface area contributed by atoms with E-state index in [0.29, 0.717) is 0 Å². The zero-order valence-electron chi connectivity index (χ0n) is 15.1. The van der Waals surface area contributed by atoms with Crippen molar-refractivity contribution in [2.45, 2.75) is 38.5 Å². The standard InChI is InChI=1S/C21H26N2O2/c1-15(24)23(14-22)20(16-7-5-4-6-8-16)18-9-10-19-17(13-18)11-12-21(2,3)25-19/h4-13,17,19-20H,14,22H2,1-3H3. The predicted octanol–water partition coefficient (Wildman–Crippen LogP) is 3.34. The van der Waals surface area contributed by atoms with Crippen molar-refractivity contribution in [3.05, 3.63) is 71.8 Å². The molecule has 0 saturated carbocycles. The van der Waals surface area contributed by atoms with E-state index < -0.39 is 0 Å². The van der Waals surface area contributed by atoms with E-state index in [1.54, 1.807) is 11.8 Å². The molecule has 0 aromatic heterocycles. The topological polar surface area (TPSA) is 55.6 Å². The van der Waals surface area contributed by atoms with Gasteiger partial charge in [-0.05, 0) is 25.0 Å². The van der Waals surface area contributed by atoms with Crippen LogP contribution in [-0.4, -0.2) is 29.2 Å². The Labute approximate surface area is 149 Å². The van der Waals surface area contributed by atoms with Crippen LogP contribution in [0.4, 0.5) is 0 Å². The highest BCUT2D eigenvalue weighted by molar-refractivity contribution is 5.74. The molecule has 1 amide bonds. The monoisotopic (exact) mass is 338 g/mol. The van der Waals surface area contributed by atoms with E-state index in [9.17, 15) is 4.79 Å². The quantitative estimate of drug-likeness (QED) is 0.677. The van der Waals surface area contributed by atoms with Crippen molar-refractivity contribution in [3.63, 3.8) is 0 Å². The number of ether oxygens (including phenoxy) is 1. The van der Waals surface area contributed by atoms with E-state index in [1.165, 1.54) is 0 Å². The van der Waals surface area contributed by atoms with Crippen molar-refractivity contribution in [3.8, 4) is 0 Å². The van der Waals surface area contributed by atoms with Gasteiger partial charge in [-0.2, -0.15) is 0 Å². The Morgan fingerprint density at radius 1 is 1.28 bits per heavy atom. The fourth-order valence-corrected chi connectivity index (χ4v) is 3.51. The molecule has 0 saturated heterocycles. The molecule has 1 aliphatic heterocycles. The summed E-state index contributed by atoms with van der Waals surface area (Å²) < 4.78 is 6.12. The lowest BCUT2D eigenvalue weighted by atomic mass is 9.84. The number of carbonyl (C=O) groups is 1. The molecule has 4 nitrogen and oxygen atoms in total. The molecule has 4 heteroatoms. The summed E-state index contributed by atoms with van der Waals surface area (Å²) in [5, 5.41) is 0. The summed E-state index contributed by atoms with van der Waals surface area (Å²) in [7, 11) is 0. The highest BCUT2D eigenvalue weighted by Crippen LogP contribution is 2.37. The molecule has 132 valence electrons. The van der Waals surface area contributed by atoms with Gasteiger partial charge in [0.05, 0.1) is 24.4 Å². The Morgan fingerprint density at radius 2 is 2.00 bits per heavy atom. The van der Waals surface area contributed by atoms with Gasteiger partial charge in [0, 0.05) is 12.8 Å². The van der Waals surface area contributed by atoms with E-state index in [1.807, 2.05) is 30.3 Å². The molecular formula is C21H26N2O2. The first-order valence-corrected chi connectivity index (χ1v) is 8.70. The molecule has 3 rings (SSSR count). The Balaban J connectivity index is 1.99. The minimum Gasteiger partial charge on any atom is -0.363 e. The molecular weight excluding hydrogens is 312 g/mol. The number of hydrogen-bond donors (Lipinski definition) is 1. The van der Waals surface area contributed by atoms with Crippen LogP contribution in [0.5, 0.6) is 0 Å². The van der Waals surface area contributed by atoms with E-state index in [4.69, 9.17) is 10.5 Å².